The number of likely N-dealkylation sites (tertiary alicyclic amines) is 1. The Labute approximate surface area is 160 Å². The summed E-state index contributed by atoms with van der Waals surface area (Å²) in [4.78, 5) is 31.8. The molecule has 5 heteroatoms. The Morgan fingerprint density at radius 1 is 1.19 bits per heavy atom. The maximum atomic E-state index is 12.8. The number of amides is 1. The fraction of sp³-hybridized carbons (Fsp3) is 0.500. The fourth-order valence-electron chi connectivity index (χ4n) is 4.12. The minimum Gasteiger partial charge on any atom is -0.452 e. The van der Waals surface area contributed by atoms with Crippen LogP contribution in [-0.4, -0.2) is 41.5 Å². The summed E-state index contributed by atoms with van der Waals surface area (Å²) < 4.78 is 5.44. The number of pyridine rings is 1. The van der Waals surface area contributed by atoms with Crippen LogP contribution in [0.5, 0.6) is 0 Å². The van der Waals surface area contributed by atoms with Crippen molar-refractivity contribution in [3.63, 3.8) is 0 Å². The van der Waals surface area contributed by atoms with Gasteiger partial charge in [0.05, 0.1) is 11.1 Å². The summed E-state index contributed by atoms with van der Waals surface area (Å²) in [7, 11) is 0. The van der Waals surface area contributed by atoms with Gasteiger partial charge in [-0.05, 0) is 43.2 Å². The van der Waals surface area contributed by atoms with Crippen molar-refractivity contribution in [2.45, 2.75) is 40.5 Å². The SMILES string of the molecule is CCc1nc2ccccc2c(C(=O)OCC(=O)N2CC(C)CC(C)C2)c1C. The highest BCUT2D eigenvalue weighted by atomic mass is 16.5. The number of rotatable bonds is 4. The Balaban J connectivity index is 1.78. The third-order valence-electron chi connectivity index (χ3n) is 5.32. The van der Waals surface area contributed by atoms with Gasteiger partial charge in [-0.2, -0.15) is 0 Å². The number of carbonyl (C=O) groups excluding carboxylic acids is 2. The predicted molar refractivity (Wildman–Crippen MR) is 106 cm³/mol. The second kappa shape index (κ2) is 8.07. The molecule has 1 aliphatic rings. The van der Waals surface area contributed by atoms with Crippen molar-refractivity contribution in [1.82, 2.24) is 9.88 Å². The molecule has 5 nitrogen and oxygen atoms in total. The molecule has 1 amide bonds. The van der Waals surface area contributed by atoms with E-state index in [0.29, 0.717) is 17.4 Å². The molecule has 0 radical (unpaired) electrons. The first kappa shape index (κ1) is 19.3. The summed E-state index contributed by atoms with van der Waals surface area (Å²) in [6.45, 7) is 9.47. The smallest absolute Gasteiger partial charge is 0.339 e. The molecule has 0 saturated carbocycles. The molecule has 2 aromatic rings. The van der Waals surface area contributed by atoms with E-state index in [1.807, 2.05) is 43.0 Å². The number of benzene rings is 1. The second-order valence-corrected chi connectivity index (χ2v) is 7.75. The molecule has 0 N–H and O–H groups in total. The first-order valence-corrected chi connectivity index (χ1v) is 9.73. The third kappa shape index (κ3) is 4.12. The van der Waals surface area contributed by atoms with Crippen molar-refractivity contribution in [3.8, 4) is 0 Å². The van der Waals surface area contributed by atoms with Crippen LogP contribution in [0.2, 0.25) is 0 Å². The number of fused-ring (bicyclic) bond motifs is 1. The van der Waals surface area contributed by atoms with Gasteiger partial charge in [-0.1, -0.05) is 39.0 Å². The Morgan fingerprint density at radius 2 is 1.85 bits per heavy atom. The minimum atomic E-state index is -0.452. The zero-order chi connectivity index (χ0) is 19.6. The summed E-state index contributed by atoms with van der Waals surface area (Å²) in [6, 6.07) is 7.56. The molecule has 2 heterocycles. The van der Waals surface area contributed by atoms with Crippen LogP contribution in [0, 0.1) is 18.8 Å². The lowest BCUT2D eigenvalue weighted by molar-refractivity contribution is -0.137. The number of aryl methyl sites for hydroxylation is 1. The van der Waals surface area contributed by atoms with E-state index in [1.165, 1.54) is 0 Å². The van der Waals surface area contributed by atoms with Gasteiger partial charge in [-0.3, -0.25) is 9.78 Å². The van der Waals surface area contributed by atoms with E-state index in [9.17, 15) is 9.59 Å². The largest absolute Gasteiger partial charge is 0.452 e. The van der Waals surface area contributed by atoms with Crippen LogP contribution in [0.15, 0.2) is 24.3 Å². The van der Waals surface area contributed by atoms with Gasteiger partial charge in [0.25, 0.3) is 5.91 Å². The third-order valence-corrected chi connectivity index (χ3v) is 5.32. The van der Waals surface area contributed by atoms with Gasteiger partial charge >= 0.3 is 5.97 Å². The maximum Gasteiger partial charge on any atom is 0.339 e. The summed E-state index contributed by atoms with van der Waals surface area (Å²) in [5.74, 6) is 0.388. The number of nitrogens with zero attached hydrogens (tertiary/aromatic N) is 2. The van der Waals surface area contributed by atoms with Crippen LogP contribution in [0.25, 0.3) is 10.9 Å². The molecule has 0 aliphatic carbocycles. The van der Waals surface area contributed by atoms with E-state index in [1.54, 1.807) is 0 Å². The van der Waals surface area contributed by atoms with Gasteiger partial charge in [0.1, 0.15) is 0 Å². The lowest BCUT2D eigenvalue weighted by atomic mass is 9.92. The molecule has 3 rings (SSSR count). The zero-order valence-corrected chi connectivity index (χ0v) is 16.6. The number of ether oxygens (including phenoxy) is 1. The van der Waals surface area contributed by atoms with Crippen molar-refractivity contribution in [2.24, 2.45) is 11.8 Å². The van der Waals surface area contributed by atoms with Crippen molar-refractivity contribution in [1.29, 1.82) is 0 Å². The average Bonchev–Trinajstić information content (AvgIpc) is 2.64. The standard InChI is InChI=1S/C22H28N2O3/c1-5-18-16(4)21(17-8-6-7-9-19(17)23-18)22(26)27-13-20(25)24-11-14(2)10-15(3)12-24/h6-9,14-15H,5,10-13H2,1-4H3. The monoisotopic (exact) mass is 368 g/mol. The molecule has 1 aromatic carbocycles. The molecule has 1 aromatic heterocycles. The Morgan fingerprint density at radius 3 is 2.52 bits per heavy atom. The number of esters is 1. The van der Waals surface area contributed by atoms with Gasteiger partial charge in [0, 0.05) is 24.2 Å². The average molecular weight is 368 g/mol. The lowest BCUT2D eigenvalue weighted by Crippen LogP contribution is -2.44. The van der Waals surface area contributed by atoms with Gasteiger partial charge in [0.2, 0.25) is 0 Å². The van der Waals surface area contributed by atoms with Crippen molar-refractivity contribution >= 4 is 22.8 Å². The zero-order valence-electron chi connectivity index (χ0n) is 16.6. The molecular formula is C22H28N2O3. The first-order valence-electron chi connectivity index (χ1n) is 9.73. The normalized spacial score (nSPS) is 19.9. The lowest BCUT2D eigenvalue weighted by Gasteiger charge is -2.34. The summed E-state index contributed by atoms with van der Waals surface area (Å²) in [5, 5.41) is 0.768. The highest BCUT2D eigenvalue weighted by molar-refractivity contribution is 6.05. The Kier molecular flexibility index (Phi) is 5.78. The summed E-state index contributed by atoms with van der Waals surface area (Å²) >= 11 is 0. The van der Waals surface area contributed by atoms with E-state index in [2.05, 4.69) is 18.8 Å². The molecular weight excluding hydrogens is 340 g/mol. The number of piperidine rings is 1. The maximum absolute atomic E-state index is 12.8. The quantitative estimate of drug-likeness (QED) is 0.771. The summed E-state index contributed by atoms with van der Waals surface area (Å²) in [5.41, 5.74) is 3.00. The highest BCUT2D eigenvalue weighted by Crippen LogP contribution is 2.25. The molecule has 0 bridgehead atoms. The van der Waals surface area contributed by atoms with Gasteiger partial charge < -0.3 is 9.64 Å². The van der Waals surface area contributed by atoms with Crippen molar-refractivity contribution < 1.29 is 14.3 Å². The van der Waals surface area contributed by atoms with E-state index >= 15 is 0 Å². The first-order chi connectivity index (χ1) is 12.9. The van der Waals surface area contributed by atoms with Gasteiger partial charge in [-0.25, -0.2) is 4.79 Å². The van der Waals surface area contributed by atoms with Crippen LogP contribution < -0.4 is 0 Å². The molecule has 1 aliphatic heterocycles. The molecule has 144 valence electrons. The van der Waals surface area contributed by atoms with Crippen LogP contribution in [0.4, 0.5) is 0 Å². The predicted octanol–water partition coefficient (Wildman–Crippen LogP) is 3.77. The van der Waals surface area contributed by atoms with Gasteiger partial charge in [-0.15, -0.1) is 0 Å². The number of hydrogen-bond donors (Lipinski definition) is 0. The number of hydrogen-bond acceptors (Lipinski definition) is 4. The number of aromatic nitrogens is 1. The van der Waals surface area contributed by atoms with Crippen LogP contribution in [0.1, 0.15) is 48.8 Å². The molecule has 1 fully saturated rings. The number of para-hydroxylation sites is 1. The van der Waals surface area contributed by atoms with Crippen LogP contribution in [-0.2, 0) is 16.0 Å². The second-order valence-electron chi connectivity index (χ2n) is 7.75. The Hall–Kier alpha value is -2.43. The minimum absolute atomic E-state index is 0.117. The molecule has 2 unspecified atom stereocenters. The van der Waals surface area contributed by atoms with Gasteiger partial charge in [0.15, 0.2) is 6.61 Å². The number of carbonyl (C=O) groups is 2. The molecule has 27 heavy (non-hydrogen) atoms. The summed E-state index contributed by atoms with van der Waals surface area (Å²) in [6.07, 6.45) is 1.87. The fourth-order valence-corrected chi connectivity index (χ4v) is 4.12. The van der Waals surface area contributed by atoms with E-state index < -0.39 is 5.97 Å². The molecule has 2 atom stereocenters. The topological polar surface area (TPSA) is 59.5 Å². The Bertz CT molecular complexity index is 852. The highest BCUT2D eigenvalue weighted by Gasteiger charge is 2.26. The van der Waals surface area contributed by atoms with E-state index in [0.717, 1.165) is 48.1 Å². The van der Waals surface area contributed by atoms with Crippen LogP contribution in [0.3, 0.4) is 0 Å². The van der Waals surface area contributed by atoms with Crippen molar-refractivity contribution in [3.05, 3.63) is 41.1 Å². The van der Waals surface area contributed by atoms with Crippen molar-refractivity contribution in [2.75, 3.05) is 19.7 Å². The molecule has 0 spiro atoms. The van der Waals surface area contributed by atoms with Crippen LogP contribution >= 0.6 is 0 Å². The van der Waals surface area contributed by atoms with E-state index in [4.69, 9.17) is 4.74 Å². The van der Waals surface area contributed by atoms with E-state index in [-0.39, 0.29) is 12.5 Å². The molecule has 1 saturated heterocycles.